The molecule has 0 amide bonds. The molecule has 1 aromatic heterocycles. The van der Waals surface area contributed by atoms with E-state index >= 15 is 0 Å². The molecule has 2 rings (SSSR count). The molecule has 20 heavy (non-hydrogen) atoms. The molecule has 0 bridgehead atoms. The lowest BCUT2D eigenvalue weighted by Gasteiger charge is -2.13. The van der Waals surface area contributed by atoms with Crippen molar-refractivity contribution < 1.29 is 9.66 Å². The van der Waals surface area contributed by atoms with Crippen molar-refractivity contribution >= 4 is 16.6 Å². The molecule has 0 aliphatic carbocycles. The van der Waals surface area contributed by atoms with E-state index in [1.165, 1.54) is 6.07 Å². The molecule has 6 heteroatoms. The highest BCUT2D eigenvalue weighted by molar-refractivity contribution is 5.92. The van der Waals surface area contributed by atoms with Crippen LogP contribution in [0.2, 0.25) is 0 Å². The van der Waals surface area contributed by atoms with Crippen LogP contribution < -0.4 is 10.1 Å². The summed E-state index contributed by atoms with van der Waals surface area (Å²) >= 11 is 0. The molecule has 0 saturated heterocycles. The van der Waals surface area contributed by atoms with Crippen LogP contribution in [0, 0.1) is 16.0 Å². The fourth-order valence-electron chi connectivity index (χ4n) is 2.05. The van der Waals surface area contributed by atoms with Gasteiger partial charge >= 0.3 is 0 Å². The molecule has 1 heterocycles. The number of ether oxygens (including phenoxy) is 1. The fraction of sp³-hybridized carbons (Fsp3) is 0.357. The van der Waals surface area contributed by atoms with E-state index in [-0.39, 0.29) is 5.69 Å². The van der Waals surface area contributed by atoms with Crippen LogP contribution in [0.4, 0.5) is 5.69 Å². The van der Waals surface area contributed by atoms with Crippen molar-refractivity contribution in [1.82, 2.24) is 10.3 Å². The molecule has 0 aliphatic heterocycles. The number of benzene rings is 1. The molecule has 106 valence electrons. The third kappa shape index (κ3) is 3.03. The van der Waals surface area contributed by atoms with Gasteiger partial charge < -0.3 is 10.1 Å². The first-order valence-corrected chi connectivity index (χ1v) is 6.43. The highest BCUT2D eigenvalue weighted by atomic mass is 16.6. The van der Waals surface area contributed by atoms with E-state index in [2.05, 4.69) is 17.2 Å². The van der Waals surface area contributed by atoms with Crippen molar-refractivity contribution in [3.63, 3.8) is 0 Å². The van der Waals surface area contributed by atoms with Gasteiger partial charge in [-0.25, -0.2) is 0 Å². The summed E-state index contributed by atoms with van der Waals surface area (Å²) in [7, 11) is 1.89. The van der Waals surface area contributed by atoms with Gasteiger partial charge in [-0.2, -0.15) is 0 Å². The topological polar surface area (TPSA) is 77.3 Å². The van der Waals surface area contributed by atoms with Crippen LogP contribution in [0.25, 0.3) is 10.9 Å². The first kappa shape index (κ1) is 14.2. The number of nitrogens with zero attached hydrogens (tertiary/aromatic N) is 2. The Hall–Kier alpha value is -2.21. The first-order chi connectivity index (χ1) is 9.63. The highest BCUT2D eigenvalue weighted by Crippen LogP contribution is 2.31. The molecule has 0 aliphatic rings. The molecule has 1 atom stereocenters. The Labute approximate surface area is 116 Å². The maximum atomic E-state index is 11.0. The number of rotatable bonds is 6. The van der Waals surface area contributed by atoms with Gasteiger partial charge in [0.05, 0.1) is 16.9 Å². The number of nitro benzene ring substituents is 1. The Morgan fingerprint density at radius 2 is 2.25 bits per heavy atom. The van der Waals surface area contributed by atoms with Gasteiger partial charge in [-0.15, -0.1) is 0 Å². The van der Waals surface area contributed by atoms with Crippen LogP contribution in [0.5, 0.6) is 5.75 Å². The standard InChI is InChI=1S/C14H17N3O3/c1-10(8-15-2)9-20-13-6-5-12(17(18)19)11-4-3-7-16-14(11)13/h3-7,10,15H,8-9H2,1-2H3. The second-order valence-electron chi connectivity index (χ2n) is 4.71. The van der Waals surface area contributed by atoms with Crippen LogP contribution >= 0.6 is 0 Å². The highest BCUT2D eigenvalue weighted by Gasteiger charge is 2.16. The van der Waals surface area contributed by atoms with E-state index in [1.807, 2.05) is 7.05 Å². The van der Waals surface area contributed by atoms with E-state index < -0.39 is 4.92 Å². The van der Waals surface area contributed by atoms with Gasteiger partial charge in [-0.05, 0) is 25.2 Å². The average molecular weight is 275 g/mol. The Morgan fingerprint density at radius 3 is 2.95 bits per heavy atom. The van der Waals surface area contributed by atoms with Crippen LogP contribution in [-0.4, -0.2) is 30.1 Å². The van der Waals surface area contributed by atoms with Crippen LogP contribution in [0.15, 0.2) is 30.5 Å². The van der Waals surface area contributed by atoms with Gasteiger partial charge in [0.1, 0.15) is 11.3 Å². The zero-order valence-electron chi connectivity index (χ0n) is 11.5. The zero-order chi connectivity index (χ0) is 14.5. The summed E-state index contributed by atoms with van der Waals surface area (Å²) in [5.41, 5.74) is 0.571. The van der Waals surface area contributed by atoms with Gasteiger partial charge in [-0.1, -0.05) is 6.92 Å². The number of hydrogen-bond acceptors (Lipinski definition) is 5. The molecule has 0 fully saturated rings. The second-order valence-corrected chi connectivity index (χ2v) is 4.71. The normalized spacial score (nSPS) is 12.3. The minimum Gasteiger partial charge on any atom is -0.491 e. The van der Waals surface area contributed by atoms with Crippen LogP contribution in [-0.2, 0) is 0 Å². The van der Waals surface area contributed by atoms with Gasteiger partial charge in [0.15, 0.2) is 0 Å². The lowest BCUT2D eigenvalue weighted by Crippen LogP contribution is -2.21. The van der Waals surface area contributed by atoms with E-state index in [4.69, 9.17) is 4.74 Å². The quantitative estimate of drug-likeness (QED) is 0.647. The van der Waals surface area contributed by atoms with Gasteiger partial charge in [0.2, 0.25) is 0 Å². The van der Waals surface area contributed by atoms with Gasteiger partial charge in [0.25, 0.3) is 5.69 Å². The van der Waals surface area contributed by atoms with Crippen molar-refractivity contribution in [2.75, 3.05) is 20.2 Å². The molecular weight excluding hydrogens is 258 g/mol. The van der Waals surface area contributed by atoms with E-state index in [0.717, 1.165) is 6.54 Å². The summed E-state index contributed by atoms with van der Waals surface area (Å²) in [6, 6.07) is 6.44. The number of nitro groups is 1. The third-order valence-corrected chi connectivity index (χ3v) is 2.98. The monoisotopic (exact) mass is 275 g/mol. The number of non-ortho nitro benzene ring substituents is 1. The molecule has 0 saturated carbocycles. The van der Waals surface area contributed by atoms with Gasteiger partial charge in [-0.3, -0.25) is 15.1 Å². The molecule has 0 spiro atoms. The molecule has 1 aromatic carbocycles. The molecule has 1 N–H and O–H groups in total. The van der Waals surface area contributed by atoms with E-state index in [9.17, 15) is 10.1 Å². The number of aromatic nitrogens is 1. The van der Waals surface area contributed by atoms with Crippen molar-refractivity contribution in [2.45, 2.75) is 6.92 Å². The first-order valence-electron chi connectivity index (χ1n) is 6.43. The number of pyridine rings is 1. The summed E-state index contributed by atoms with van der Waals surface area (Å²) in [4.78, 5) is 14.8. The summed E-state index contributed by atoms with van der Waals surface area (Å²) in [5, 5.41) is 14.6. The molecule has 2 aromatic rings. The lowest BCUT2D eigenvalue weighted by atomic mass is 10.1. The largest absolute Gasteiger partial charge is 0.491 e. The van der Waals surface area contributed by atoms with E-state index in [0.29, 0.717) is 29.2 Å². The molecule has 1 unspecified atom stereocenters. The smallest absolute Gasteiger partial charge is 0.279 e. The lowest BCUT2D eigenvalue weighted by molar-refractivity contribution is -0.383. The third-order valence-electron chi connectivity index (χ3n) is 2.98. The SMILES string of the molecule is CNCC(C)COc1ccc([N+](=O)[O-])c2cccnc12. The van der Waals surface area contributed by atoms with E-state index in [1.54, 1.807) is 24.4 Å². The Kier molecular flexibility index (Phi) is 4.47. The summed E-state index contributed by atoms with van der Waals surface area (Å²) in [5.74, 6) is 0.920. The maximum Gasteiger partial charge on any atom is 0.279 e. The Bertz CT molecular complexity index is 616. The van der Waals surface area contributed by atoms with Crippen molar-refractivity contribution in [1.29, 1.82) is 0 Å². The number of nitrogens with one attached hydrogen (secondary N) is 1. The Morgan fingerprint density at radius 1 is 1.45 bits per heavy atom. The minimum atomic E-state index is -0.405. The number of fused-ring (bicyclic) bond motifs is 1. The predicted molar refractivity (Wildman–Crippen MR) is 77.0 cm³/mol. The molecular formula is C14H17N3O3. The summed E-state index contributed by atoms with van der Waals surface area (Å²) in [6.07, 6.45) is 1.61. The van der Waals surface area contributed by atoms with Gasteiger partial charge in [0, 0.05) is 24.7 Å². The Balaban J connectivity index is 2.31. The number of hydrogen-bond donors (Lipinski definition) is 1. The second kappa shape index (κ2) is 6.29. The minimum absolute atomic E-state index is 0.0451. The molecule has 0 radical (unpaired) electrons. The maximum absolute atomic E-state index is 11.0. The van der Waals surface area contributed by atoms with Crippen molar-refractivity contribution in [2.24, 2.45) is 5.92 Å². The zero-order valence-corrected chi connectivity index (χ0v) is 11.5. The summed E-state index contributed by atoms with van der Waals surface area (Å²) < 4.78 is 5.74. The summed E-state index contributed by atoms with van der Waals surface area (Å²) in [6.45, 7) is 3.44. The van der Waals surface area contributed by atoms with Crippen molar-refractivity contribution in [3.05, 3.63) is 40.6 Å². The van der Waals surface area contributed by atoms with Crippen LogP contribution in [0.1, 0.15) is 6.92 Å². The van der Waals surface area contributed by atoms with Crippen LogP contribution in [0.3, 0.4) is 0 Å². The average Bonchev–Trinajstić information content (AvgIpc) is 2.44. The van der Waals surface area contributed by atoms with Crippen molar-refractivity contribution in [3.8, 4) is 5.75 Å². The fourth-order valence-corrected chi connectivity index (χ4v) is 2.05. The molecule has 6 nitrogen and oxygen atoms in total. The predicted octanol–water partition coefficient (Wildman–Crippen LogP) is 2.38.